The van der Waals surface area contributed by atoms with Crippen molar-refractivity contribution in [3.05, 3.63) is 35.4 Å². The molecular formula is C12H15NO5. The first-order chi connectivity index (χ1) is 8.58. The van der Waals surface area contributed by atoms with Crippen molar-refractivity contribution in [1.82, 2.24) is 5.32 Å². The van der Waals surface area contributed by atoms with Crippen LogP contribution in [0.25, 0.3) is 0 Å². The maximum absolute atomic E-state index is 11.3. The third kappa shape index (κ3) is 3.83. The van der Waals surface area contributed by atoms with Crippen molar-refractivity contribution >= 4 is 11.9 Å². The quantitative estimate of drug-likeness (QED) is 0.618. The van der Waals surface area contributed by atoms with E-state index in [1.54, 1.807) is 24.3 Å². The van der Waals surface area contributed by atoms with Crippen LogP contribution in [0, 0.1) is 0 Å². The van der Waals surface area contributed by atoms with E-state index in [1.807, 2.05) is 0 Å². The Kier molecular flexibility index (Phi) is 5.29. The van der Waals surface area contributed by atoms with Gasteiger partial charge in [0.25, 0.3) is 0 Å². The molecule has 0 aliphatic rings. The molecule has 0 unspecified atom stereocenters. The van der Waals surface area contributed by atoms with Crippen LogP contribution in [0.4, 0.5) is 0 Å². The molecule has 3 N–H and O–H groups in total. The highest BCUT2D eigenvalue weighted by Gasteiger charge is 2.15. The van der Waals surface area contributed by atoms with Crippen molar-refractivity contribution in [2.75, 3.05) is 13.7 Å². The number of carbonyl (C=O) groups excluding carboxylic acids is 1. The van der Waals surface area contributed by atoms with Crippen LogP contribution in [0.15, 0.2) is 24.3 Å². The van der Waals surface area contributed by atoms with Crippen molar-refractivity contribution < 1.29 is 24.5 Å². The number of ether oxygens (including phenoxy) is 1. The summed E-state index contributed by atoms with van der Waals surface area (Å²) in [6.07, 6.45) is 0. The standard InChI is InChI=1S/C12H15NO5/c1-18-12(17)9-4-2-3-8(5-9)6-13-10(7-14)11(15)16/h2-5,10,13-14H,6-7H2,1H3,(H,15,16)/t10-/m0/s1. The van der Waals surface area contributed by atoms with Crippen molar-refractivity contribution in [3.8, 4) is 0 Å². The molecule has 0 saturated carbocycles. The molecule has 1 atom stereocenters. The maximum Gasteiger partial charge on any atom is 0.337 e. The number of methoxy groups -OCH3 is 1. The number of hydrogen-bond donors (Lipinski definition) is 3. The second-order valence-electron chi connectivity index (χ2n) is 3.65. The summed E-state index contributed by atoms with van der Waals surface area (Å²) in [5.74, 6) is -1.57. The van der Waals surface area contributed by atoms with Crippen LogP contribution in [-0.4, -0.2) is 41.9 Å². The van der Waals surface area contributed by atoms with Gasteiger partial charge in [0.05, 0.1) is 19.3 Å². The van der Waals surface area contributed by atoms with Gasteiger partial charge in [0.2, 0.25) is 0 Å². The summed E-state index contributed by atoms with van der Waals surface area (Å²) in [5, 5.41) is 20.2. The molecule has 18 heavy (non-hydrogen) atoms. The second-order valence-corrected chi connectivity index (χ2v) is 3.65. The van der Waals surface area contributed by atoms with Gasteiger partial charge in [-0.05, 0) is 17.7 Å². The molecule has 0 aliphatic carbocycles. The third-order valence-electron chi connectivity index (χ3n) is 2.38. The Morgan fingerprint density at radius 2 is 2.17 bits per heavy atom. The van der Waals surface area contributed by atoms with Gasteiger partial charge in [-0.1, -0.05) is 12.1 Å². The van der Waals surface area contributed by atoms with E-state index in [9.17, 15) is 9.59 Å². The van der Waals surface area contributed by atoms with Gasteiger partial charge in [-0.3, -0.25) is 10.1 Å². The van der Waals surface area contributed by atoms with Crippen molar-refractivity contribution in [1.29, 1.82) is 0 Å². The third-order valence-corrected chi connectivity index (χ3v) is 2.38. The number of carbonyl (C=O) groups is 2. The van der Waals surface area contributed by atoms with E-state index in [2.05, 4.69) is 10.1 Å². The number of hydrogen-bond acceptors (Lipinski definition) is 5. The highest BCUT2D eigenvalue weighted by Crippen LogP contribution is 2.06. The Hall–Kier alpha value is -1.92. The smallest absolute Gasteiger partial charge is 0.337 e. The fraction of sp³-hybridized carbons (Fsp3) is 0.333. The molecule has 1 rings (SSSR count). The average Bonchev–Trinajstić information content (AvgIpc) is 2.38. The molecule has 1 aromatic rings. The van der Waals surface area contributed by atoms with Crippen LogP contribution in [0.2, 0.25) is 0 Å². The number of carboxylic acid groups (broad SMARTS) is 1. The first-order valence-corrected chi connectivity index (χ1v) is 5.32. The average molecular weight is 253 g/mol. The Bertz CT molecular complexity index is 432. The lowest BCUT2D eigenvalue weighted by atomic mass is 10.1. The SMILES string of the molecule is COC(=O)c1cccc(CN[C@@H](CO)C(=O)O)c1. The normalized spacial score (nSPS) is 11.9. The number of aliphatic hydroxyl groups is 1. The number of esters is 1. The molecule has 0 radical (unpaired) electrons. The molecule has 0 bridgehead atoms. The van der Waals surface area contributed by atoms with Crippen LogP contribution < -0.4 is 5.32 Å². The largest absolute Gasteiger partial charge is 0.480 e. The summed E-state index contributed by atoms with van der Waals surface area (Å²) in [7, 11) is 1.29. The maximum atomic E-state index is 11.3. The fourth-order valence-corrected chi connectivity index (χ4v) is 1.40. The number of rotatable bonds is 6. The minimum absolute atomic E-state index is 0.238. The fourth-order valence-electron chi connectivity index (χ4n) is 1.40. The van der Waals surface area contributed by atoms with E-state index in [4.69, 9.17) is 10.2 Å². The van der Waals surface area contributed by atoms with E-state index in [1.165, 1.54) is 7.11 Å². The van der Waals surface area contributed by atoms with Crippen LogP contribution in [0.5, 0.6) is 0 Å². The monoisotopic (exact) mass is 253 g/mol. The summed E-state index contributed by atoms with van der Waals surface area (Å²) in [4.78, 5) is 22.0. The first-order valence-electron chi connectivity index (χ1n) is 5.32. The zero-order valence-electron chi connectivity index (χ0n) is 9.92. The molecule has 1 aromatic carbocycles. The van der Waals surface area contributed by atoms with Gasteiger partial charge in [-0.25, -0.2) is 4.79 Å². The van der Waals surface area contributed by atoms with Crippen LogP contribution in [-0.2, 0) is 16.1 Å². The summed E-state index contributed by atoms with van der Waals surface area (Å²) in [5.41, 5.74) is 1.13. The van der Waals surface area contributed by atoms with Gasteiger partial charge >= 0.3 is 11.9 Å². The van der Waals surface area contributed by atoms with Gasteiger partial charge in [-0.2, -0.15) is 0 Å². The molecule has 0 heterocycles. The molecule has 98 valence electrons. The van der Waals surface area contributed by atoms with Gasteiger partial charge in [0.15, 0.2) is 0 Å². The molecule has 0 aliphatic heterocycles. The van der Waals surface area contributed by atoms with E-state index in [0.717, 1.165) is 5.56 Å². The summed E-state index contributed by atoms with van der Waals surface area (Å²) >= 11 is 0. The topological polar surface area (TPSA) is 95.9 Å². The molecule has 0 aromatic heterocycles. The highest BCUT2D eigenvalue weighted by molar-refractivity contribution is 5.89. The predicted octanol–water partition coefficient (Wildman–Crippen LogP) is 0.00830. The minimum Gasteiger partial charge on any atom is -0.480 e. The minimum atomic E-state index is -1.12. The molecule has 0 saturated heterocycles. The molecule has 0 fully saturated rings. The van der Waals surface area contributed by atoms with Crippen LogP contribution in [0.1, 0.15) is 15.9 Å². The lowest BCUT2D eigenvalue weighted by molar-refractivity contribution is -0.140. The molecule has 0 amide bonds. The zero-order valence-corrected chi connectivity index (χ0v) is 9.92. The Morgan fingerprint density at radius 3 is 2.72 bits per heavy atom. The molecule has 6 heteroatoms. The van der Waals surface area contributed by atoms with E-state index in [0.29, 0.717) is 5.56 Å². The Labute approximate surface area is 104 Å². The number of aliphatic carboxylic acids is 1. The van der Waals surface area contributed by atoms with Gasteiger partial charge in [0.1, 0.15) is 6.04 Å². The van der Waals surface area contributed by atoms with Crippen molar-refractivity contribution in [2.24, 2.45) is 0 Å². The second kappa shape index (κ2) is 6.73. The lowest BCUT2D eigenvalue weighted by Crippen LogP contribution is -2.39. The van der Waals surface area contributed by atoms with Gasteiger partial charge in [0, 0.05) is 6.54 Å². The number of nitrogens with one attached hydrogen (secondary N) is 1. The van der Waals surface area contributed by atoms with Gasteiger partial charge < -0.3 is 14.9 Å². The van der Waals surface area contributed by atoms with E-state index >= 15 is 0 Å². The Balaban J connectivity index is 2.68. The first kappa shape index (κ1) is 14.1. The molecular weight excluding hydrogens is 238 g/mol. The van der Waals surface area contributed by atoms with Crippen molar-refractivity contribution in [2.45, 2.75) is 12.6 Å². The zero-order chi connectivity index (χ0) is 13.5. The molecule has 6 nitrogen and oxygen atoms in total. The predicted molar refractivity (Wildman–Crippen MR) is 63.1 cm³/mol. The molecule has 0 spiro atoms. The summed E-state index contributed by atoms with van der Waals surface area (Å²) in [6.45, 7) is -0.256. The van der Waals surface area contributed by atoms with E-state index < -0.39 is 24.6 Å². The number of benzene rings is 1. The van der Waals surface area contributed by atoms with Crippen LogP contribution in [0.3, 0.4) is 0 Å². The van der Waals surface area contributed by atoms with E-state index in [-0.39, 0.29) is 6.54 Å². The van der Waals surface area contributed by atoms with Crippen LogP contribution >= 0.6 is 0 Å². The summed E-state index contributed by atoms with van der Waals surface area (Å²) in [6, 6.07) is 5.62. The Morgan fingerprint density at radius 1 is 1.44 bits per heavy atom. The summed E-state index contributed by atoms with van der Waals surface area (Å²) < 4.78 is 4.58. The number of carboxylic acids is 1. The van der Waals surface area contributed by atoms with Gasteiger partial charge in [-0.15, -0.1) is 0 Å². The highest BCUT2D eigenvalue weighted by atomic mass is 16.5. The number of aliphatic hydroxyl groups excluding tert-OH is 1. The van der Waals surface area contributed by atoms with Crippen molar-refractivity contribution in [3.63, 3.8) is 0 Å². The lowest BCUT2D eigenvalue weighted by Gasteiger charge is -2.11.